The van der Waals surface area contributed by atoms with Gasteiger partial charge in [-0.25, -0.2) is 0 Å². The summed E-state index contributed by atoms with van der Waals surface area (Å²) in [4.78, 5) is 12.3. The molecule has 3 rings (SSSR count). The van der Waals surface area contributed by atoms with E-state index < -0.39 is 0 Å². The van der Waals surface area contributed by atoms with Crippen molar-refractivity contribution in [3.05, 3.63) is 65.7 Å². The van der Waals surface area contributed by atoms with E-state index in [0.29, 0.717) is 18.0 Å². The summed E-state index contributed by atoms with van der Waals surface area (Å²) in [6.07, 6.45) is 2.76. The predicted octanol–water partition coefficient (Wildman–Crippen LogP) is 3.08. The van der Waals surface area contributed by atoms with E-state index in [1.165, 1.54) is 18.4 Å². The van der Waals surface area contributed by atoms with Gasteiger partial charge in [-0.15, -0.1) is 0 Å². The number of nitrogen functional groups attached to an aromatic ring is 1. The third kappa shape index (κ3) is 3.63. The van der Waals surface area contributed by atoms with E-state index in [4.69, 9.17) is 5.73 Å². The van der Waals surface area contributed by atoms with Crippen molar-refractivity contribution in [1.82, 2.24) is 5.32 Å². The molecule has 21 heavy (non-hydrogen) atoms. The molecule has 0 aliphatic heterocycles. The SMILES string of the molecule is Nc1cccc(CC(=O)NC(c2ccccc2)C2CC2)c1. The summed E-state index contributed by atoms with van der Waals surface area (Å²) in [6.45, 7) is 0. The second kappa shape index (κ2) is 6.00. The zero-order chi connectivity index (χ0) is 14.7. The molecule has 0 bridgehead atoms. The summed E-state index contributed by atoms with van der Waals surface area (Å²) >= 11 is 0. The number of rotatable bonds is 5. The topological polar surface area (TPSA) is 55.1 Å². The van der Waals surface area contributed by atoms with Gasteiger partial charge in [-0.05, 0) is 42.0 Å². The standard InChI is InChI=1S/C18H20N2O/c19-16-8-4-5-13(11-16)12-17(21)20-18(15-9-10-15)14-6-2-1-3-7-14/h1-8,11,15,18H,9-10,12,19H2,(H,20,21). The summed E-state index contributed by atoms with van der Waals surface area (Å²) < 4.78 is 0. The van der Waals surface area contributed by atoms with Crippen LogP contribution in [0.2, 0.25) is 0 Å². The molecule has 0 spiro atoms. The molecule has 1 aliphatic rings. The zero-order valence-corrected chi connectivity index (χ0v) is 12.0. The molecule has 1 amide bonds. The van der Waals surface area contributed by atoms with Gasteiger partial charge in [0.2, 0.25) is 5.91 Å². The highest BCUT2D eigenvalue weighted by atomic mass is 16.1. The fraction of sp³-hybridized carbons (Fsp3) is 0.278. The Morgan fingerprint density at radius 3 is 2.57 bits per heavy atom. The van der Waals surface area contributed by atoms with Crippen molar-refractivity contribution in [2.24, 2.45) is 5.92 Å². The Balaban J connectivity index is 1.67. The van der Waals surface area contributed by atoms with Crippen molar-refractivity contribution in [3.63, 3.8) is 0 Å². The molecule has 0 saturated heterocycles. The maximum absolute atomic E-state index is 12.3. The van der Waals surface area contributed by atoms with E-state index in [2.05, 4.69) is 17.4 Å². The highest BCUT2D eigenvalue weighted by Crippen LogP contribution is 2.40. The van der Waals surface area contributed by atoms with Gasteiger partial charge in [0.25, 0.3) is 0 Å². The molecule has 2 aromatic carbocycles. The lowest BCUT2D eigenvalue weighted by Crippen LogP contribution is -2.31. The van der Waals surface area contributed by atoms with E-state index in [9.17, 15) is 4.79 Å². The highest BCUT2D eigenvalue weighted by Gasteiger charge is 2.33. The second-order valence-corrected chi connectivity index (χ2v) is 5.72. The molecular formula is C18H20N2O. The average molecular weight is 280 g/mol. The van der Waals surface area contributed by atoms with Crippen LogP contribution in [0.4, 0.5) is 5.69 Å². The van der Waals surface area contributed by atoms with Gasteiger partial charge in [-0.3, -0.25) is 4.79 Å². The Morgan fingerprint density at radius 1 is 1.14 bits per heavy atom. The number of carbonyl (C=O) groups is 1. The van der Waals surface area contributed by atoms with Crippen molar-refractivity contribution in [2.75, 3.05) is 5.73 Å². The molecular weight excluding hydrogens is 260 g/mol. The summed E-state index contributed by atoms with van der Waals surface area (Å²) in [5.74, 6) is 0.638. The van der Waals surface area contributed by atoms with Crippen LogP contribution in [-0.4, -0.2) is 5.91 Å². The van der Waals surface area contributed by atoms with E-state index >= 15 is 0 Å². The summed E-state index contributed by atoms with van der Waals surface area (Å²) in [7, 11) is 0. The lowest BCUT2D eigenvalue weighted by molar-refractivity contribution is -0.121. The van der Waals surface area contributed by atoms with Crippen LogP contribution in [0.3, 0.4) is 0 Å². The summed E-state index contributed by atoms with van der Waals surface area (Å²) in [5, 5.41) is 3.18. The molecule has 1 aliphatic carbocycles. The van der Waals surface area contributed by atoms with Crippen LogP contribution < -0.4 is 11.1 Å². The minimum atomic E-state index is 0.0568. The van der Waals surface area contributed by atoms with Gasteiger partial charge in [0, 0.05) is 5.69 Å². The number of nitrogens with two attached hydrogens (primary N) is 1. The molecule has 1 unspecified atom stereocenters. The minimum Gasteiger partial charge on any atom is -0.399 e. The molecule has 3 nitrogen and oxygen atoms in total. The van der Waals surface area contributed by atoms with Crippen molar-refractivity contribution in [3.8, 4) is 0 Å². The predicted molar refractivity (Wildman–Crippen MR) is 84.6 cm³/mol. The van der Waals surface area contributed by atoms with Crippen molar-refractivity contribution in [1.29, 1.82) is 0 Å². The first-order valence-corrected chi connectivity index (χ1v) is 7.41. The lowest BCUT2D eigenvalue weighted by Gasteiger charge is -2.19. The number of hydrogen-bond acceptors (Lipinski definition) is 2. The lowest BCUT2D eigenvalue weighted by atomic mass is 10.0. The van der Waals surface area contributed by atoms with E-state index in [1.54, 1.807) is 0 Å². The van der Waals surface area contributed by atoms with E-state index in [1.807, 2.05) is 42.5 Å². The molecule has 3 N–H and O–H groups in total. The van der Waals surface area contributed by atoms with Gasteiger partial charge in [0.1, 0.15) is 0 Å². The number of carbonyl (C=O) groups excluding carboxylic acids is 1. The minimum absolute atomic E-state index is 0.0568. The Hall–Kier alpha value is -2.29. The van der Waals surface area contributed by atoms with Crippen molar-refractivity contribution >= 4 is 11.6 Å². The highest BCUT2D eigenvalue weighted by molar-refractivity contribution is 5.79. The molecule has 0 heterocycles. The van der Waals surface area contributed by atoms with E-state index in [0.717, 1.165) is 5.56 Å². The van der Waals surface area contributed by atoms with Gasteiger partial charge in [0.15, 0.2) is 0 Å². The van der Waals surface area contributed by atoms with Crippen molar-refractivity contribution < 1.29 is 4.79 Å². The van der Waals surface area contributed by atoms with Gasteiger partial charge in [0.05, 0.1) is 12.5 Å². The number of amides is 1. The quantitative estimate of drug-likeness (QED) is 0.827. The molecule has 0 aromatic heterocycles. The van der Waals surface area contributed by atoms with Gasteiger partial charge in [-0.1, -0.05) is 42.5 Å². The first-order valence-electron chi connectivity index (χ1n) is 7.41. The van der Waals surface area contributed by atoms with Crippen molar-refractivity contribution in [2.45, 2.75) is 25.3 Å². The Labute approximate surface area is 125 Å². The average Bonchev–Trinajstić information content (AvgIpc) is 3.30. The number of hydrogen-bond donors (Lipinski definition) is 2. The van der Waals surface area contributed by atoms with Crippen LogP contribution in [0.1, 0.15) is 30.0 Å². The molecule has 3 heteroatoms. The smallest absolute Gasteiger partial charge is 0.224 e. The van der Waals surface area contributed by atoms with Gasteiger partial charge in [-0.2, -0.15) is 0 Å². The Bertz CT molecular complexity index is 620. The third-order valence-corrected chi connectivity index (χ3v) is 3.88. The fourth-order valence-corrected chi connectivity index (χ4v) is 2.68. The second-order valence-electron chi connectivity index (χ2n) is 5.72. The van der Waals surface area contributed by atoms with Crippen LogP contribution in [0.15, 0.2) is 54.6 Å². The van der Waals surface area contributed by atoms with Crippen LogP contribution in [0.5, 0.6) is 0 Å². The summed E-state index contributed by atoms with van der Waals surface area (Å²) in [6, 6.07) is 17.9. The van der Waals surface area contributed by atoms with Crippen LogP contribution in [0, 0.1) is 5.92 Å². The Morgan fingerprint density at radius 2 is 1.90 bits per heavy atom. The number of anilines is 1. The first kappa shape index (κ1) is 13.7. The van der Waals surface area contributed by atoms with Gasteiger partial charge >= 0.3 is 0 Å². The zero-order valence-electron chi connectivity index (χ0n) is 12.0. The monoisotopic (exact) mass is 280 g/mol. The fourth-order valence-electron chi connectivity index (χ4n) is 2.68. The number of benzene rings is 2. The van der Waals surface area contributed by atoms with E-state index in [-0.39, 0.29) is 11.9 Å². The normalized spacial score (nSPS) is 15.4. The first-order chi connectivity index (χ1) is 10.2. The maximum Gasteiger partial charge on any atom is 0.224 e. The molecule has 2 aromatic rings. The largest absolute Gasteiger partial charge is 0.399 e. The Kier molecular flexibility index (Phi) is 3.91. The maximum atomic E-state index is 12.3. The van der Waals surface area contributed by atoms with Crippen LogP contribution >= 0.6 is 0 Å². The van der Waals surface area contributed by atoms with Crippen LogP contribution in [0.25, 0.3) is 0 Å². The summed E-state index contributed by atoms with van der Waals surface area (Å²) in [5.41, 5.74) is 8.60. The molecule has 0 radical (unpaired) electrons. The molecule has 1 atom stereocenters. The van der Waals surface area contributed by atoms with Crippen LogP contribution in [-0.2, 0) is 11.2 Å². The third-order valence-electron chi connectivity index (χ3n) is 3.88. The molecule has 1 saturated carbocycles. The molecule has 1 fully saturated rings. The van der Waals surface area contributed by atoms with Gasteiger partial charge < -0.3 is 11.1 Å². The number of nitrogens with one attached hydrogen (secondary N) is 1. The molecule has 108 valence electrons.